The van der Waals surface area contributed by atoms with Gasteiger partial charge in [0.15, 0.2) is 0 Å². The Kier molecular flexibility index (Phi) is 7.81. The Balaban J connectivity index is 1.26. The number of amides is 2. The average Bonchev–Trinajstić information content (AvgIpc) is 3.41. The Bertz CT molecular complexity index is 1550. The third-order valence-electron chi connectivity index (χ3n) is 6.84. The summed E-state index contributed by atoms with van der Waals surface area (Å²) in [7, 11) is -3.99. The van der Waals surface area contributed by atoms with Gasteiger partial charge in [0, 0.05) is 36.0 Å². The van der Waals surface area contributed by atoms with Gasteiger partial charge in [0.1, 0.15) is 11.4 Å². The summed E-state index contributed by atoms with van der Waals surface area (Å²) in [6.45, 7) is 0.664. The summed E-state index contributed by atoms with van der Waals surface area (Å²) in [5.41, 5.74) is 0.741. The van der Waals surface area contributed by atoms with E-state index in [9.17, 15) is 28.1 Å². The van der Waals surface area contributed by atoms with Crippen LogP contribution < -0.4 is 4.72 Å². The Morgan fingerprint density at radius 1 is 1.08 bits per heavy atom. The number of thioether (sulfide) groups is 1. The van der Waals surface area contributed by atoms with Crippen LogP contribution >= 0.6 is 23.4 Å². The second-order valence-corrected chi connectivity index (χ2v) is 12.7. The Morgan fingerprint density at radius 2 is 1.79 bits per heavy atom. The number of hydrogen-bond donors (Lipinski definition) is 1. The van der Waals surface area contributed by atoms with E-state index in [1.807, 2.05) is 0 Å². The van der Waals surface area contributed by atoms with Crippen LogP contribution in [0.25, 0.3) is 10.8 Å². The highest BCUT2D eigenvalue weighted by molar-refractivity contribution is 7.99. The van der Waals surface area contributed by atoms with Crippen molar-refractivity contribution in [2.24, 2.45) is 0 Å². The van der Waals surface area contributed by atoms with E-state index in [2.05, 4.69) is 4.72 Å². The molecule has 39 heavy (non-hydrogen) atoms. The summed E-state index contributed by atoms with van der Waals surface area (Å²) in [4.78, 5) is 40.1. The first-order valence-corrected chi connectivity index (χ1v) is 15.2. The number of hydrogen-bond acceptors (Lipinski definition) is 7. The Labute approximate surface area is 234 Å². The number of piperidine rings is 1. The molecule has 3 aromatic carbocycles. The SMILES string of the molecule is O=C1[C@@H](NS(=O)(=O)c2ccc3cc(Cl)ccc3c2)CCCN1CC(=O)N1CCSC1c1ccc([N+](=O)[O-])cc1. The van der Waals surface area contributed by atoms with Crippen molar-refractivity contribution < 1.29 is 22.9 Å². The van der Waals surface area contributed by atoms with E-state index in [1.165, 1.54) is 29.2 Å². The lowest BCUT2D eigenvalue weighted by atomic mass is 10.1. The third kappa shape index (κ3) is 5.88. The van der Waals surface area contributed by atoms with Crippen molar-refractivity contribution in [3.05, 3.63) is 81.4 Å². The molecule has 1 N–H and O–H groups in total. The molecule has 0 spiro atoms. The van der Waals surface area contributed by atoms with E-state index < -0.39 is 26.9 Å². The molecule has 0 bridgehead atoms. The number of halogens is 1. The summed E-state index contributed by atoms with van der Waals surface area (Å²) in [5.74, 6) is -0.000247. The number of non-ortho nitro benzene ring substituents is 1. The number of likely N-dealkylation sites (tertiary alicyclic amines) is 1. The summed E-state index contributed by atoms with van der Waals surface area (Å²) in [6.07, 6.45) is 0.875. The molecule has 3 aromatic rings. The molecule has 2 saturated heterocycles. The van der Waals surface area contributed by atoms with Crippen LogP contribution in [0.5, 0.6) is 0 Å². The van der Waals surface area contributed by atoms with Crippen molar-refractivity contribution in [3.63, 3.8) is 0 Å². The molecule has 0 radical (unpaired) electrons. The van der Waals surface area contributed by atoms with Gasteiger partial charge in [0.2, 0.25) is 21.8 Å². The summed E-state index contributed by atoms with van der Waals surface area (Å²) in [5, 5.41) is 12.7. The molecule has 2 amide bonds. The molecule has 2 aliphatic rings. The number of carbonyl (C=O) groups excluding carboxylic acids is 2. The average molecular weight is 589 g/mol. The lowest BCUT2D eigenvalue weighted by molar-refractivity contribution is -0.384. The Hall–Kier alpha value is -3.19. The van der Waals surface area contributed by atoms with Crippen molar-refractivity contribution in [2.45, 2.75) is 29.2 Å². The lowest BCUT2D eigenvalue weighted by Crippen LogP contribution is -2.54. The van der Waals surface area contributed by atoms with Gasteiger partial charge in [-0.05, 0) is 65.6 Å². The number of nitrogens with one attached hydrogen (secondary N) is 1. The summed E-state index contributed by atoms with van der Waals surface area (Å²) < 4.78 is 28.8. The maximum Gasteiger partial charge on any atom is 0.269 e. The molecule has 1 unspecified atom stereocenters. The largest absolute Gasteiger partial charge is 0.332 e. The fourth-order valence-electron chi connectivity index (χ4n) is 4.84. The van der Waals surface area contributed by atoms with E-state index in [4.69, 9.17) is 11.6 Å². The second-order valence-electron chi connectivity index (χ2n) is 9.39. The number of benzene rings is 3. The first-order valence-electron chi connectivity index (χ1n) is 12.3. The van der Waals surface area contributed by atoms with E-state index in [0.717, 1.165) is 10.9 Å². The number of nitrogens with zero attached hydrogens (tertiary/aromatic N) is 3. The van der Waals surface area contributed by atoms with Gasteiger partial charge < -0.3 is 9.80 Å². The van der Waals surface area contributed by atoms with Crippen molar-refractivity contribution in [1.82, 2.24) is 14.5 Å². The maximum absolute atomic E-state index is 13.2. The topological polar surface area (TPSA) is 130 Å². The van der Waals surface area contributed by atoms with Gasteiger partial charge in [-0.2, -0.15) is 4.72 Å². The number of sulfonamides is 1. The van der Waals surface area contributed by atoms with Gasteiger partial charge in [0.25, 0.3) is 5.69 Å². The predicted molar refractivity (Wildman–Crippen MR) is 149 cm³/mol. The Morgan fingerprint density at radius 3 is 2.54 bits per heavy atom. The fraction of sp³-hybridized carbons (Fsp3) is 0.308. The van der Waals surface area contributed by atoms with Crippen molar-refractivity contribution >= 4 is 61.7 Å². The third-order valence-corrected chi connectivity index (χ3v) is 9.80. The molecule has 13 heteroatoms. The zero-order valence-corrected chi connectivity index (χ0v) is 23.0. The van der Waals surface area contributed by atoms with E-state index >= 15 is 0 Å². The minimum Gasteiger partial charge on any atom is -0.332 e. The molecule has 0 saturated carbocycles. The molecule has 204 valence electrons. The van der Waals surface area contributed by atoms with Gasteiger partial charge in [-0.25, -0.2) is 8.42 Å². The smallest absolute Gasteiger partial charge is 0.269 e. The van der Waals surface area contributed by atoms with Crippen molar-refractivity contribution in [3.8, 4) is 0 Å². The first-order chi connectivity index (χ1) is 18.6. The number of fused-ring (bicyclic) bond motifs is 1. The standard InChI is InChI=1S/C26H25ClN4O6S2/c27-20-7-3-19-15-22(10-6-18(19)14-20)39(36,37)28-23-2-1-11-29(25(23)33)16-24(32)30-12-13-38-26(30)17-4-8-21(9-5-17)31(34)35/h3-10,14-15,23,26,28H,1-2,11-13,16H2/t23-,26?/m0/s1. The van der Waals surface area contributed by atoms with Crippen LogP contribution in [0.1, 0.15) is 23.8 Å². The maximum atomic E-state index is 13.2. The molecule has 10 nitrogen and oxygen atoms in total. The van der Waals surface area contributed by atoms with Gasteiger partial charge in [-0.3, -0.25) is 19.7 Å². The van der Waals surface area contributed by atoms with Crippen LogP contribution in [-0.2, 0) is 19.6 Å². The van der Waals surface area contributed by atoms with Crippen LogP contribution in [-0.4, -0.2) is 66.4 Å². The van der Waals surface area contributed by atoms with Gasteiger partial charge in [-0.1, -0.05) is 23.7 Å². The predicted octanol–water partition coefficient (Wildman–Crippen LogP) is 3.94. The molecule has 2 fully saturated rings. The van der Waals surface area contributed by atoms with Crippen LogP contribution in [0, 0.1) is 10.1 Å². The highest BCUT2D eigenvalue weighted by Gasteiger charge is 2.36. The van der Waals surface area contributed by atoms with Crippen LogP contribution in [0.3, 0.4) is 0 Å². The number of nitro groups is 1. The van der Waals surface area contributed by atoms with Gasteiger partial charge in [0.05, 0.1) is 16.4 Å². The molecule has 0 aromatic heterocycles. The fourth-order valence-corrected chi connectivity index (χ4v) is 7.56. The number of nitro benzene ring substituents is 1. The van der Waals surface area contributed by atoms with Crippen LogP contribution in [0.15, 0.2) is 65.6 Å². The molecule has 2 atom stereocenters. The monoisotopic (exact) mass is 588 g/mol. The molecular weight excluding hydrogens is 564 g/mol. The highest BCUT2D eigenvalue weighted by atomic mass is 35.5. The zero-order valence-electron chi connectivity index (χ0n) is 20.7. The van der Waals surface area contributed by atoms with Gasteiger partial charge >= 0.3 is 0 Å². The van der Waals surface area contributed by atoms with Crippen molar-refractivity contribution in [2.75, 3.05) is 25.4 Å². The molecule has 2 heterocycles. The quantitative estimate of drug-likeness (QED) is 0.327. The summed E-state index contributed by atoms with van der Waals surface area (Å²) >= 11 is 7.57. The highest BCUT2D eigenvalue weighted by Crippen LogP contribution is 2.38. The first kappa shape index (κ1) is 27.4. The minimum atomic E-state index is -3.99. The number of carbonyl (C=O) groups is 2. The zero-order chi connectivity index (χ0) is 27.7. The van der Waals surface area contributed by atoms with Crippen LogP contribution in [0.4, 0.5) is 5.69 Å². The molecule has 2 aliphatic heterocycles. The van der Waals surface area contributed by atoms with Gasteiger partial charge in [-0.15, -0.1) is 11.8 Å². The molecule has 0 aliphatic carbocycles. The van der Waals surface area contributed by atoms with E-state index in [0.29, 0.717) is 42.1 Å². The second kappa shape index (κ2) is 11.1. The normalized spacial score (nSPS) is 20.0. The van der Waals surface area contributed by atoms with E-state index in [-0.39, 0.29) is 28.4 Å². The van der Waals surface area contributed by atoms with Crippen molar-refractivity contribution in [1.29, 1.82) is 0 Å². The summed E-state index contributed by atoms with van der Waals surface area (Å²) in [6, 6.07) is 14.9. The molecule has 5 rings (SSSR count). The van der Waals surface area contributed by atoms with Crippen LogP contribution in [0.2, 0.25) is 5.02 Å². The lowest BCUT2D eigenvalue weighted by Gasteiger charge is -2.34. The minimum absolute atomic E-state index is 0.0277. The number of rotatable bonds is 7. The molecular formula is C26H25ClN4O6S2. The van der Waals surface area contributed by atoms with E-state index in [1.54, 1.807) is 53.1 Å².